The number of rotatable bonds is 5. The topological polar surface area (TPSA) is 108 Å². The molecule has 40 heavy (non-hydrogen) atoms. The van der Waals surface area contributed by atoms with Crippen molar-refractivity contribution >= 4 is 34.1 Å². The Morgan fingerprint density at radius 3 is 1.15 bits per heavy atom. The van der Waals surface area contributed by atoms with Crippen LogP contribution in [0.3, 0.4) is 0 Å². The highest BCUT2D eigenvalue weighted by Crippen LogP contribution is 2.23. The molecule has 6 rings (SSSR count). The van der Waals surface area contributed by atoms with Crippen LogP contribution in [0.25, 0.3) is 0 Å². The average Bonchev–Trinajstić information content (AvgIpc) is 3.03. The summed E-state index contributed by atoms with van der Waals surface area (Å²) >= 11 is 0. The Hall–Kier alpha value is -4.86. The number of nitrogens with two attached hydrogens (primary N) is 1. The minimum absolute atomic E-state index is 0.133. The molecule has 2 aromatic heterocycles. The second-order valence-electron chi connectivity index (χ2n) is 9.72. The number of non-ortho nitro benzene ring substituents is 1. The first-order valence-corrected chi connectivity index (χ1v) is 13.5. The molecule has 206 valence electrons. The standard InChI is InChI=1S/C15H16N4O2.C15H18N4/c20-19(21)15-3-1-13(2-4-15)17-9-11-18(12-10-17)14-5-7-16-8-6-14;16-13-1-3-14(4-2-13)18-9-11-19(12-10-18)15-5-7-17-8-6-15/h1-8H,9-12H2;1-8H,9-12,16H2. The highest BCUT2D eigenvalue weighted by Gasteiger charge is 2.19. The molecule has 2 fully saturated rings. The molecule has 10 nitrogen and oxygen atoms in total. The number of anilines is 5. The Morgan fingerprint density at radius 2 is 0.825 bits per heavy atom. The third-order valence-electron chi connectivity index (χ3n) is 7.30. The van der Waals surface area contributed by atoms with Crippen LogP contribution in [0.1, 0.15) is 0 Å². The van der Waals surface area contributed by atoms with Gasteiger partial charge in [0.05, 0.1) is 4.92 Å². The van der Waals surface area contributed by atoms with E-state index in [1.807, 2.05) is 48.8 Å². The Kier molecular flexibility index (Phi) is 8.55. The minimum Gasteiger partial charge on any atom is -0.399 e. The number of pyridine rings is 2. The molecule has 0 spiro atoms. The molecule has 0 aliphatic carbocycles. The zero-order chi connectivity index (χ0) is 27.7. The summed E-state index contributed by atoms with van der Waals surface area (Å²) in [6, 6.07) is 23.0. The van der Waals surface area contributed by atoms with Gasteiger partial charge in [-0.3, -0.25) is 20.1 Å². The molecule has 2 saturated heterocycles. The van der Waals surface area contributed by atoms with Gasteiger partial charge in [-0.1, -0.05) is 0 Å². The van der Waals surface area contributed by atoms with Gasteiger partial charge >= 0.3 is 0 Å². The molecule has 2 aliphatic rings. The lowest BCUT2D eigenvalue weighted by Gasteiger charge is -2.37. The molecule has 0 saturated carbocycles. The molecule has 0 amide bonds. The number of nitrogens with zero attached hydrogens (tertiary/aromatic N) is 7. The van der Waals surface area contributed by atoms with E-state index in [9.17, 15) is 10.1 Å². The van der Waals surface area contributed by atoms with Crippen LogP contribution in [-0.2, 0) is 0 Å². The van der Waals surface area contributed by atoms with E-state index >= 15 is 0 Å². The van der Waals surface area contributed by atoms with E-state index in [0.717, 1.165) is 63.7 Å². The lowest BCUT2D eigenvalue weighted by molar-refractivity contribution is -0.384. The summed E-state index contributed by atoms with van der Waals surface area (Å²) in [5.41, 5.74) is 11.4. The quantitative estimate of drug-likeness (QED) is 0.226. The van der Waals surface area contributed by atoms with Crippen LogP contribution in [0, 0.1) is 10.1 Å². The third-order valence-corrected chi connectivity index (χ3v) is 7.30. The fourth-order valence-corrected chi connectivity index (χ4v) is 5.03. The van der Waals surface area contributed by atoms with Gasteiger partial charge in [0.15, 0.2) is 0 Å². The van der Waals surface area contributed by atoms with E-state index in [1.54, 1.807) is 24.5 Å². The molecule has 0 atom stereocenters. The van der Waals surface area contributed by atoms with E-state index in [2.05, 4.69) is 53.8 Å². The first kappa shape index (κ1) is 26.7. The van der Waals surface area contributed by atoms with Gasteiger partial charge in [0.2, 0.25) is 0 Å². The van der Waals surface area contributed by atoms with Gasteiger partial charge in [-0.25, -0.2) is 0 Å². The second kappa shape index (κ2) is 12.8. The minimum atomic E-state index is -0.370. The molecule has 2 N–H and O–H groups in total. The van der Waals surface area contributed by atoms with E-state index in [-0.39, 0.29) is 10.6 Å². The number of hydrogen-bond acceptors (Lipinski definition) is 9. The molecular weight excluding hydrogens is 504 g/mol. The number of piperazine rings is 2. The largest absolute Gasteiger partial charge is 0.399 e. The maximum absolute atomic E-state index is 10.7. The van der Waals surface area contributed by atoms with Crippen molar-refractivity contribution in [2.45, 2.75) is 0 Å². The van der Waals surface area contributed by atoms with Crippen LogP contribution in [0.5, 0.6) is 0 Å². The Balaban J connectivity index is 0.000000162. The SMILES string of the molecule is Nc1ccc(N2CCN(c3ccncc3)CC2)cc1.O=[N+]([O-])c1ccc(N2CCN(c3ccncc3)CC2)cc1. The Morgan fingerprint density at radius 1 is 0.525 bits per heavy atom. The fourth-order valence-electron chi connectivity index (χ4n) is 5.03. The summed E-state index contributed by atoms with van der Waals surface area (Å²) in [7, 11) is 0. The van der Waals surface area contributed by atoms with Crippen molar-refractivity contribution in [2.24, 2.45) is 0 Å². The summed E-state index contributed by atoms with van der Waals surface area (Å²) in [4.78, 5) is 27.8. The van der Waals surface area contributed by atoms with Crippen molar-refractivity contribution in [3.63, 3.8) is 0 Å². The van der Waals surface area contributed by atoms with Gasteiger partial charge in [-0.15, -0.1) is 0 Å². The summed E-state index contributed by atoms with van der Waals surface area (Å²) in [6.07, 6.45) is 7.30. The predicted molar refractivity (Wildman–Crippen MR) is 161 cm³/mol. The van der Waals surface area contributed by atoms with Gasteiger partial charge in [-0.2, -0.15) is 0 Å². The fraction of sp³-hybridized carbons (Fsp3) is 0.267. The monoisotopic (exact) mass is 538 g/mol. The summed E-state index contributed by atoms with van der Waals surface area (Å²) in [5.74, 6) is 0. The number of aromatic nitrogens is 2. The maximum atomic E-state index is 10.7. The molecule has 0 bridgehead atoms. The van der Waals surface area contributed by atoms with Crippen molar-refractivity contribution < 1.29 is 4.92 Å². The number of benzene rings is 2. The lowest BCUT2D eigenvalue weighted by atomic mass is 10.2. The van der Waals surface area contributed by atoms with Gasteiger partial charge < -0.3 is 25.3 Å². The van der Waals surface area contributed by atoms with Crippen LogP contribution >= 0.6 is 0 Å². The number of nitro groups is 1. The summed E-state index contributed by atoms with van der Waals surface area (Å²) in [5, 5.41) is 10.7. The van der Waals surface area contributed by atoms with E-state index < -0.39 is 0 Å². The summed E-state index contributed by atoms with van der Waals surface area (Å²) in [6.45, 7) is 7.81. The van der Waals surface area contributed by atoms with E-state index in [1.165, 1.54) is 17.1 Å². The second-order valence-corrected chi connectivity index (χ2v) is 9.72. The molecular formula is C30H34N8O2. The highest BCUT2D eigenvalue weighted by atomic mass is 16.6. The molecule has 0 radical (unpaired) electrons. The van der Waals surface area contributed by atoms with Crippen molar-refractivity contribution in [3.8, 4) is 0 Å². The molecule has 2 aliphatic heterocycles. The van der Waals surface area contributed by atoms with Crippen LogP contribution < -0.4 is 25.3 Å². The number of nitro benzene ring substituents is 1. The van der Waals surface area contributed by atoms with Gasteiger partial charge in [-0.05, 0) is 60.7 Å². The Labute approximate surface area is 234 Å². The van der Waals surface area contributed by atoms with Crippen LogP contribution in [0.15, 0.2) is 97.6 Å². The molecule has 2 aromatic carbocycles. The predicted octanol–water partition coefficient (Wildman–Crippen LogP) is 4.31. The van der Waals surface area contributed by atoms with Gasteiger partial charge in [0.1, 0.15) is 0 Å². The molecule has 10 heteroatoms. The zero-order valence-electron chi connectivity index (χ0n) is 22.4. The van der Waals surface area contributed by atoms with E-state index in [4.69, 9.17) is 5.73 Å². The zero-order valence-corrected chi connectivity index (χ0v) is 22.4. The molecule has 4 aromatic rings. The van der Waals surface area contributed by atoms with Gasteiger partial charge in [0, 0.05) is 118 Å². The molecule has 0 unspecified atom stereocenters. The van der Waals surface area contributed by atoms with Gasteiger partial charge in [0.25, 0.3) is 5.69 Å². The van der Waals surface area contributed by atoms with E-state index in [0.29, 0.717) is 0 Å². The van der Waals surface area contributed by atoms with Crippen molar-refractivity contribution in [1.29, 1.82) is 0 Å². The van der Waals surface area contributed by atoms with Crippen LogP contribution in [0.2, 0.25) is 0 Å². The third kappa shape index (κ3) is 6.76. The smallest absolute Gasteiger partial charge is 0.269 e. The average molecular weight is 539 g/mol. The van der Waals surface area contributed by atoms with Crippen molar-refractivity contribution in [1.82, 2.24) is 9.97 Å². The lowest BCUT2D eigenvalue weighted by Crippen LogP contribution is -2.46. The normalized spacial score (nSPS) is 15.3. The highest BCUT2D eigenvalue weighted by molar-refractivity contribution is 5.56. The summed E-state index contributed by atoms with van der Waals surface area (Å²) < 4.78 is 0. The number of nitrogen functional groups attached to an aromatic ring is 1. The first-order valence-electron chi connectivity index (χ1n) is 13.5. The van der Waals surface area contributed by atoms with Crippen molar-refractivity contribution in [2.75, 3.05) is 77.7 Å². The maximum Gasteiger partial charge on any atom is 0.269 e. The van der Waals surface area contributed by atoms with Crippen LogP contribution in [0.4, 0.5) is 34.1 Å². The number of hydrogen-bond donors (Lipinski definition) is 1. The van der Waals surface area contributed by atoms with Crippen LogP contribution in [-0.4, -0.2) is 67.2 Å². The molecule has 4 heterocycles. The Bertz CT molecular complexity index is 1340. The van der Waals surface area contributed by atoms with Crippen molar-refractivity contribution in [3.05, 3.63) is 108 Å². The first-order chi connectivity index (χ1) is 19.6.